The van der Waals surface area contributed by atoms with Crippen LogP contribution in [0.4, 0.5) is 10.5 Å². The fourth-order valence-electron chi connectivity index (χ4n) is 4.51. The van der Waals surface area contributed by atoms with E-state index < -0.39 is 18.0 Å². The Morgan fingerprint density at radius 1 is 1.12 bits per heavy atom. The molecule has 0 spiro atoms. The maximum absolute atomic E-state index is 12.4. The second-order valence-corrected chi connectivity index (χ2v) is 8.82. The normalized spacial score (nSPS) is 18.4. The number of benzene rings is 2. The number of carbonyl (C=O) groups is 3. The van der Waals surface area contributed by atoms with Gasteiger partial charge < -0.3 is 20.1 Å². The van der Waals surface area contributed by atoms with Gasteiger partial charge in [0, 0.05) is 18.7 Å². The van der Waals surface area contributed by atoms with Crippen molar-refractivity contribution in [2.75, 3.05) is 4.90 Å². The Morgan fingerprint density at radius 3 is 2.30 bits per heavy atom. The number of hydrogen-bond donors (Lipinski definition) is 2. The molecule has 2 amide bonds. The molecule has 0 aliphatic carbocycles. The number of rotatable bonds is 6. The molecule has 3 atom stereocenters. The van der Waals surface area contributed by atoms with Crippen molar-refractivity contribution in [2.45, 2.75) is 71.6 Å². The van der Waals surface area contributed by atoms with Crippen LogP contribution >= 0.6 is 0 Å². The van der Waals surface area contributed by atoms with E-state index in [1.165, 1.54) is 0 Å². The Balaban J connectivity index is 1.98. The third kappa shape index (κ3) is 5.35. The van der Waals surface area contributed by atoms with Crippen LogP contribution < -0.4 is 10.2 Å². The molecule has 3 rings (SSSR count). The predicted molar refractivity (Wildman–Crippen MR) is 127 cm³/mol. The number of nitrogens with one attached hydrogen (secondary N) is 1. The number of anilines is 1. The molecule has 1 unspecified atom stereocenters. The van der Waals surface area contributed by atoms with Gasteiger partial charge in [0.05, 0.1) is 18.1 Å². The van der Waals surface area contributed by atoms with E-state index in [1.54, 1.807) is 25.7 Å². The van der Waals surface area contributed by atoms with Gasteiger partial charge in [-0.3, -0.25) is 9.59 Å². The van der Waals surface area contributed by atoms with Gasteiger partial charge in [-0.2, -0.15) is 0 Å². The average molecular weight is 453 g/mol. The number of hydrogen-bond acceptors (Lipinski definition) is 4. The minimum absolute atomic E-state index is 0.0525. The number of nitrogens with zero attached hydrogens (tertiary/aromatic N) is 1. The minimum atomic E-state index is -0.834. The van der Waals surface area contributed by atoms with Gasteiger partial charge in [0.15, 0.2) is 0 Å². The van der Waals surface area contributed by atoms with Gasteiger partial charge in [-0.1, -0.05) is 37.3 Å². The van der Waals surface area contributed by atoms with Crippen LogP contribution in [-0.4, -0.2) is 35.2 Å². The van der Waals surface area contributed by atoms with Crippen LogP contribution in [0, 0.1) is 0 Å². The molecular formula is C26H32N2O5. The van der Waals surface area contributed by atoms with E-state index in [-0.39, 0.29) is 24.1 Å². The van der Waals surface area contributed by atoms with Crippen LogP contribution in [0.2, 0.25) is 0 Å². The van der Waals surface area contributed by atoms with Crippen molar-refractivity contribution in [3.8, 4) is 11.1 Å². The Labute approximate surface area is 194 Å². The van der Waals surface area contributed by atoms with Crippen molar-refractivity contribution in [3.05, 3.63) is 53.6 Å². The summed E-state index contributed by atoms with van der Waals surface area (Å²) in [7, 11) is 0. The highest BCUT2D eigenvalue weighted by Gasteiger charge is 2.33. The van der Waals surface area contributed by atoms with Crippen molar-refractivity contribution in [1.29, 1.82) is 0 Å². The van der Waals surface area contributed by atoms with Crippen LogP contribution in [-0.2, 0) is 14.3 Å². The quantitative estimate of drug-likeness (QED) is 0.624. The number of carboxylic acid groups (broad SMARTS) is 1. The molecule has 0 aromatic heterocycles. The second kappa shape index (κ2) is 10.1. The lowest BCUT2D eigenvalue weighted by Gasteiger charge is -2.39. The number of alkyl carbamates (subject to hydrolysis) is 1. The van der Waals surface area contributed by atoms with Crippen LogP contribution in [0.15, 0.2) is 42.5 Å². The average Bonchev–Trinajstić information content (AvgIpc) is 2.73. The third-order valence-corrected chi connectivity index (χ3v) is 6.01. The first-order chi connectivity index (χ1) is 15.6. The summed E-state index contributed by atoms with van der Waals surface area (Å²) in [6.07, 6.45) is 0.367. The molecule has 7 heteroatoms. The van der Waals surface area contributed by atoms with Gasteiger partial charge in [-0.05, 0) is 68.0 Å². The molecule has 2 aromatic rings. The fourth-order valence-corrected chi connectivity index (χ4v) is 4.51. The monoisotopic (exact) mass is 452 g/mol. The van der Waals surface area contributed by atoms with Crippen molar-refractivity contribution < 1.29 is 24.2 Å². The van der Waals surface area contributed by atoms with E-state index in [1.807, 2.05) is 56.3 Å². The lowest BCUT2D eigenvalue weighted by atomic mass is 9.88. The smallest absolute Gasteiger partial charge is 0.407 e. The van der Waals surface area contributed by atoms with Crippen LogP contribution in [0.25, 0.3) is 11.1 Å². The molecule has 0 bridgehead atoms. The summed E-state index contributed by atoms with van der Waals surface area (Å²) in [6.45, 7) is 8.95. The van der Waals surface area contributed by atoms with E-state index in [0.29, 0.717) is 12.8 Å². The van der Waals surface area contributed by atoms with Crippen molar-refractivity contribution >= 4 is 23.7 Å². The fraction of sp³-hybridized carbons (Fsp3) is 0.423. The van der Waals surface area contributed by atoms with Crippen molar-refractivity contribution in [2.24, 2.45) is 0 Å². The number of carboxylic acids is 1. The lowest BCUT2D eigenvalue weighted by molar-refractivity contribution is -0.138. The minimum Gasteiger partial charge on any atom is -0.481 e. The van der Waals surface area contributed by atoms with Gasteiger partial charge in [-0.15, -0.1) is 0 Å². The predicted octanol–water partition coefficient (Wildman–Crippen LogP) is 5.25. The van der Waals surface area contributed by atoms with Crippen molar-refractivity contribution in [1.82, 2.24) is 5.32 Å². The van der Waals surface area contributed by atoms with Gasteiger partial charge in [0.25, 0.3) is 0 Å². The molecule has 0 fully saturated rings. The number of aliphatic carboxylic acids is 1. The third-order valence-electron chi connectivity index (χ3n) is 6.01. The Bertz CT molecular complexity index is 1030. The zero-order valence-electron chi connectivity index (χ0n) is 19.8. The van der Waals surface area contributed by atoms with Crippen LogP contribution in [0.3, 0.4) is 0 Å². The maximum atomic E-state index is 12.4. The van der Waals surface area contributed by atoms with E-state index in [2.05, 4.69) is 5.32 Å². The summed E-state index contributed by atoms with van der Waals surface area (Å²) in [5.41, 5.74) is 4.24. The van der Waals surface area contributed by atoms with E-state index in [9.17, 15) is 19.5 Å². The summed E-state index contributed by atoms with van der Waals surface area (Å²) in [4.78, 5) is 37.9. The molecule has 1 heterocycles. The van der Waals surface area contributed by atoms with Crippen LogP contribution in [0.1, 0.15) is 70.5 Å². The highest BCUT2D eigenvalue weighted by Crippen LogP contribution is 2.40. The maximum Gasteiger partial charge on any atom is 0.407 e. The summed E-state index contributed by atoms with van der Waals surface area (Å²) in [5, 5.41) is 12.4. The highest BCUT2D eigenvalue weighted by atomic mass is 16.6. The molecule has 0 radical (unpaired) electrons. The molecule has 33 heavy (non-hydrogen) atoms. The number of fused-ring (bicyclic) bond motifs is 1. The van der Waals surface area contributed by atoms with Gasteiger partial charge in [0.1, 0.15) is 0 Å². The Kier molecular flexibility index (Phi) is 7.41. The first-order valence-corrected chi connectivity index (χ1v) is 11.4. The molecule has 0 saturated carbocycles. The summed E-state index contributed by atoms with van der Waals surface area (Å²) in [6, 6.07) is 13.0. The standard InChI is InChI=1S/C26H32N2O5/c1-6-21(25(30)31)19-9-7-18(8-10-19)20-11-12-24-22(14-20)23(27-26(32)33-15(2)3)13-16(4)28(24)17(5)29/h7-12,14-16,21,23H,6,13H2,1-5H3,(H,27,32)(H,30,31)/t16-,21?,23+/m0/s1. The topological polar surface area (TPSA) is 95.9 Å². The Morgan fingerprint density at radius 2 is 1.76 bits per heavy atom. The summed E-state index contributed by atoms with van der Waals surface area (Å²) >= 11 is 0. The zero-order valence-corrected chi connectivity index (χ0v) is 19.8. The molecule has 176 valence electrons. The molecule has 7 nitrogen and oxygen atoms in total. The highest BCUT2D eigenvalue weighted by molar-refractivity contribution is 5.94. The number of carbonyl (C=O) groups excluding carboxylic acids is 2. The van der Waals surface area contributed by atoms with Gasteiger partial charge in [-0.25, -0.2) is 4.79 Å². The summed E-state index contributed by atoms with van der Waals surface area (Å²) < 4.78 is 5.28. The molecule has 2 N–H and O–H groups in total. The number of ether oxygens (including phenoxy) is 1. The first-order valence-electron chi connectivity index (χ1n) is 11.4. The van der Waals surface area contributed by atoms with Crippen LogP contribution in [0.5, 0.6) is 0 Å². The molecular weight excluding hydrogens is 420 g/mol. The second-order valence-electron chi connectivity index (χ2n) is 8.82. The largest absolute Gasteiger partial charge is 0.481 e. The van der Waals surface area contributed by atoms with E-state index in [4.69, 9.17) is 4.74 Å². The number of amides is 2. The van der Waals surface area contributed by atoms with Gasteiger partial charge >= 0.3 is 12.1 Å². The van der Waals surface area contributed by atoms with E-state index >= 15 is 0 Å². The molecule has 1 aliphatic heterocycles. The van der Waals surface area contributed by atoms with Crippen molar-refractivity contribution in [3.63, 3.8) is 0 Å². The summed E-state index contributed by atoms with van der Waals surface area (Å²) in [5.74, 6) is -1.42. The lowest BCUT2D eigenvalue weighted by Crippen LogP contribution is -2.45. The molecule has 0 saturated heterocycles. The molecule has 1 aliphatic rings. The first kappa shape index (κ1) is 24.3. The SMILES string of the molecule is CCC(C(=O)O)c1ccc(-c2ccc3c(c2)[C@H](NC(=O)OC(C)C)C[C@H](C)N3C(C)=O)cc1. The Hall–Kier alpha value is -3.35. The zero-order chi connectivity index (χ0) is 24.3. The van der Waals surface area contributed by atoms with Gasteiger partial charge in [0.2, 0.25) is 5.91 Å². The molecule has 2 aromatic carbocycles. The van der Waals surface area contributed by atoms with E-state index in [0.717, 1.165) is 27.9 Å².